The highest BCUT2D eigenvalue weighted by atomic mass is 32.2. The first-order chi connectivity index (χ1) is 7.36. The number of hydrogen-bond acceptors (Lipinski definition) is 3. The van der Waals surface area contributed by atoms with Gasteiger partial charge in [-0.1, -0.05) is 13.0 Å². The maximum absolute atomic E-state index is 5.76. The van der Waals surface area contributed by atoms with E-state index in [2.05, 4.69) is 16.3 Å². The average molecular weight is 221 g/mol. The van der Waals surface area contributed by atoms with Crippen LogP contribution in [0.5, 0.6) is 0 Å². The van der Waals surface area contributed by atoms with Gasteiger partial charge in [0.05, 0.1) is 5.69 Å². The fourth-order valence-electron chi connectivity index (χ4n) is 1.53. The van der Waals surface area contributed by atoms with E-state index in [4.69, 9.17) is 5.73 Å². The summed E-state index contributed by atoms with van der Waals surface area (Å²) >= 11 is 1.79. The van der Waals surface area contributed by atoms with Crippen LogP contribution in [0.1, 0.15) is 19.0 Å². The van der Waals surface area contributed by atoms with Gasteiger partial charge in [0.1, 0.15) is 10.7 Å². The second-order valence-corrected chi connectivity index (χ2v) is 4.43. The number of hydrogen-bond donors (Lipinski definition) is 1. The maximum Gasteiger partial charge on any atom is 0.138 e. The van der Waals surface area contributed by atoms with Crippen molar-refractivity contribution in [3.05, 3.63) is 30.1 Å². The molecule has 2 rings (SSSR count). The summed E-state index contributed by atoms with van der Waals surface area (Å²) < 4.78 is 2.07. The second kappa shape index (κ2) is 4.68. The fraction of sp³-hybridized carbons (Fsp3) is 0.364. The fourth-order valence-corrected chi connectivity index (χ4v) is 2.43. The third-order valence-corrected chi connectivity index (χ3v) is 3.44. The van der Waals surface area contributed by atoms with Crippen molar-refractivity contribution in [3.8, 4) is 0 Å². The molecular weight excluding hydrogens is 206 g/mol. The molecule has 0 aliphatic rings. The van der Waals surface area contributed by atoms with E-state index in [1.165, 1.54) is 0 Å². The van der Waals surface area contributed by atoms with E-state index >= 15 is 0 Å². The largest absolute Gasteiger partial charge is 0.325 e. The molecule has 0 fully saturated rings. The van der Waals surface area contributed by atoms with Gasteiger partial charge in [-0.3, -0.25) is 0 Å². The van der Waals surface area contributed by atoms with Crippen LogP contribution in [-0.4, -0.2) is 15.1 Å². The average Bonchev–Trinajstić information content (AvgIpc) is 2.63. The number of rotatable bonds is 4. The minimum absolute atomic E-state index is 0.539. The molecule has 0 atom stereocenters. The van der Waals surface area contributed by atoms with Gasteiger partial charge < -0.3 is 10.1 Å². The van der Waals surface area contributed by atoms with Gasteiger partial charge in [-0.25, -0.2) is 4.98 Å². The molecule has 15 heavy (non-hydrogen) atoms. The van der Waals surface area contributed by atoms with Crippen LogP contribution in [0.15, 0.2) is 29.4 Å². The van der Waals surface area contributed by atoms with Crippen molar-refractivity contribution in [2.24, 2.45) is 5.73 Å². The Kier molecular flexibility index (Phi) is 3.28. The lowest BCUT2D eigenvalue weighted by molar-refractivity contribution is 0.920. The third kappa shape index (κ3) is 2.01. The maximum atomic E-state index is 5.76. The van der Waals surface area contributed by atoms with Crippen LogP contribution in [0, 0.1) is 0 Å². The molecule has 0 saturated heterocycles. The number of imidazole rings is 1. The summed E-state index contributed by atoms with van der Waals surface area (Å²) in [5.74, 6) is 1.09. The Morgan fingerprint density at radius 2 is 2.33 bits per heavy atom. The van der Waals surface area contributed by atoms with Crippen LogP contribution >= 0.6 is 11.8 Å². The predicted molar refractivity (Wildman–Crippen MR) is 64.1 cm³/mol. The molecule has 0 spiro atoms. The number of aromatic nitrogens is 2. The van der Waals surface area contributed by atoms with Crippen molar-refractivity contribution in [1.29, 1.82) is 0 Å². The summed E-state index contributed by atoms with van der Waals surface area (Å²) in [7, 11) is 0. The highest BCUT2D eigenvalue weighted by Crippen LogP contribution is 2.23. The molecule has 3 nitrogen and oxygen atoms in total. The molecule has 0 aliphatic heterocycles. The lowest BCUT2D eigenvalue weighted by Gasteiger charge is -2.00. The molecule has 2 aromatic heterocycles. The Hall–Kier alpha value is -1.00. The SMILES string of the molecule is CCCSc1nc2ccccn2c1CN. The number of fused-ring (bicyclic) bond motifs is 1. The van der Waals surface area contributed by atoms with Crippen molar-refractivity contribution in [1.82, 2.24) is 9.38 Å². The zero-order valence-electron chi connectivity index (χ0n) is 8.81. The van der Waals surface area contributed by atoms with E-state index in [9.17, 15) is 0 Å². The molecule has 0 amide bonds. The Labute approximate surface area is 93.7 Å². The normalized spacial score (nSPS) is 11.1. The van der Waals surface area contributed by atoms with E-state index in [0.717, 1.165) is 28.5 Å². The van der Waals surface area contributed by atoms with Crippen LogP contribution in [0.3, 0.4) is 0 Å². The summed E-state index contributed by atoms with van der Waals surface area (Å²) in [4.78, 5) is 4.57. The van der Waals surface area contributed by atoms with Gasteiger partial charge in [0, 0.05) is 12.7 Å². The Morgan fingerprint density at radius 1 is 1.47 bits per heavy atom. The highest BCUT2D eigenvalue weighted by molar-refractivity contribution is 7.99. The zero-order valence-corrected chi connectivity index (χ0v) is 9.63. The number of thioether (sulfide) groups is 1. The second-order valence-electron chi connectivity index (χ2n) is 3.35. The molecule has 0 radical (unpaired) electrons. The molecule has 2 aromatic rings. The van der Waals surface area contributed by atoms with Crippen molar-refractivity contribution >= 4 is 17.4 Å². The predicted octanol–water partition coefficient (Wildman–Crippen LogP) is 2.30. The van der Waals surface area contributed by atoms with Crippen LogP contribution in [0.4, 0.5) is 0 Å². The standard InChI is InChI=1S/C11H15N3S/c1-2-7-15-11-9(8-12)14-6-4-3-5-10(14)13-11/h3-6H,2,7-8,12H2,1H3. The smallest absolute Gasteiger partial charge is 0.138 e. The van der Waals surface area contributed by atoms with Crippen LogP contribution in [0.2, 0.25) is 0 Å². The van der Waals surface area contributed by atoms with E-state index in [-0.39, 0.29) is 0 Å². The quantitative estimate of drug-likeness (QED) is 0.806. The first-order valence-electron chi connectivity index (χ1n) is 5.15. The number of nitrogens with two attached hydrogens (primary N) is 1. The molecule has 80 valence electrons. The van der Waals surface area contributed by atoms with Crippen molar-refractivity contribution < 1.29 is 0 Å². The molecule has 0 aliphatic carbocycles. The first-order valence-corrected chi connectivity index (χ1v) is 6.14. The molecule has 0 saturated carbocycles. The van der Waals surface area contributed by atoms with E-state index in [0.29, 0.717) is 6.54 Å². The number of nitrogens with zero attached hydrogens (tertiary/aromatic N) is 2. The van der Waals surface area contributed by atoms with Crippen molar-refractivity contribution in [2.75, 3.05) is 5.75 Å². The van der Waals surface area contributed by atoms with Gasteiger partial charge >= 0.3 is 0 Å². The molecule has 0 aromatic carbocycles. The van der Waals surface area contributed by atoms with Crippen molar-refractivity contribution in [2.45, 2.75) is 24.9 Å². The summed E-state index contributed by atoms with van der Waals surface area (Å²) in [6, 6.07) is 6.01. The Balaban J connectivity index is 2.44. The lowest BCUT2D eigenvalue weighted by atomic mass is 10.4. The van der Waals surface area contributed by atoms with Gasteiger partial charge in [0.2, 0.25) is 0 Å². The van der Waals surface area contributed by atoms with Crippen LogP contribution in [-0.2, 0) is 6.54 Å². The van der Waals surface area contributed by atoms with Crippen LogP contribution < -0.4 is 5.73 Å². The summed E-state index contributed by atoms with van der Waals surface area (Å²) in [5, 5.41) is 1.07. The third-order valence-electron chi connectivity index (χ3n) is 2.23. The van der Waals surface area contributed by atoms with Gasteiger partial charge in [-0.2, -0.15) is 0 Å². The molecule has 0 unspecified atom stereocenters. The monoisotopic (exact) mass is 221 g/mol. The lowest BCUT2D eigenvalue weighted by Crippen LogP contribution is -2.01. The molecule has 2 N–H and O–H groups in total. The van der Waals surface area contributed by atoms with E-state index in [1.54, 1.807) is 11.8 Å². The highest BCUT2D eigenvalue weighted by Gasteiger charge is 2.09. The van der Waals surface area contributed by atoms with Gasteiger partial charge in [-0.15, -0.1) is 11.8 Å². The number of pyridine rings is 1. The van der Waals surface area contributed by atoms with Gasteiger partial charge in [-0.05, 0) is 24.3 Å². The first kappa shape index (κ1) is 10.5. The van der Waals surface area contributed by atoms with E-state index < -0.39 is 0 Å². The zero-order chi connectivity index (χ0) is 10.7. The Morgan fingerprint density at radius 3 is 3.07 bits per heavy atom. The summed E-state index contributed by atoms with van der Waals surface area (Å²) in [5.41, 5.74) is 7.86. The summed E-state index contributed by atoms with van der Waals surface area (Å²) in [6.45, 7) is 2.71. The van der Waals surface area contributed by atoms with Gasteiger partial charge in [0.25, 0.3) is 0 Å². The molecular formula is C11H15N3S. The van der Waals surface area contributed by atoms with Crippen molar-refractivity contribution in [3.63, 3.8) is 0 Å². The van der Waals surface area contributed by atoms with E-state index in [1.807, 2.05) is 24.4 Å². The topological polar surface area (TPSA) is 43.3 Å². The van der Waals surface area contributed by atoms with Gasteiger partial charge in [0.15, 0.2) is 0 Å². The molecule has 4 heteroatoms. The minimum atomic E-state index is 0.539. The minimum Gasteiger partial charge on any atom is -0.325 e. The van der Waals surface area contributed by atoms with Crippen LogP contribution in [0.25, 0.3) is 5.65 Å². The summed E-state index contributed by atoms with van der Waals surface area (Å²) in [6.07, 6.45) is 3.17. The molecule has 2 heterocycles. The molecule has 0 bridgehead atoms. The Bertz CT molecular complexity index is 450.